The lowest BCUT2D eigenvalue weighted by atomic mass is 10.1. The average Bonchev–Trinajstić information content (AvgIpc) is 2.78. The molecule has 0 atom stereocenters. The molecule has 0 saturated carbocycles. The molecule has 0 radical (unpaired) electrons. The van der Waals surface area contributed by atoms with Crippen LogP contribution >= 0.6 is 23.4 Å². The molecule has 8 heteroatoms. The van der Waals surface area contributed by atoms with Gasteiger partial charge in [-0.15, -0.1) is 0 Å². The molecule has 5 nitrogen and oxygen atoms in total. The first-order valence-corrected chi connectivity index (χ1v) is 13.5. The number of rotatable bonds is 9. The van der Waals surface area contributed by atoms with Gasteiger partial charge in [-0.25, -0.2) is 8.42 Å². The molecule has 0 fully saturated rings. The zero-order chi connectivity index (χ0) is 24.0. The SMILES string of the molecule is Cc1ccc(C(=O)NCCSCc2ccc(Cl)cc2)cc1S(=O)(=O)Nc1cccc(C)c1C. The van der Waals surface area contributed by atoms with E-state index in [1.807, 2.05) is 50.2 Å². The topological polar surface area (TPSA) is 75.3 Å². The van der Waals surface area contributed by atoms with E-state index in [0.717, 1.165) is 22.6 Å². The van der Waals surface area contributed by atoms with Crippen LogP contribution in [0.3, 0.4) is 0 Å². The van der Waals surface area contributed by atoms with Crippen LogP contribution in [0.2, 0.25) is 5.02 Å². The van der Waals surface area contributed by atoms with Crippen molar-refractivity contribution in [2.24, 2.45) is 0 Å². The number of hydrogen-bond donors (Lipinski definition) is 2. The number of aryl methyl sites for hydroxylation is 2. The van der Waals surface area contributed by atoms with Crippen molar-refractivity contribution in [1.29, 1.82) is 0 Å². The van der Waals surface area contributed by atoms with Gasteiger partial charge in [0.05, 0.1) is 10.6 Å². The lowest BCUT2D eigenvalue weighted by molar-refractivity contribution is 0.0956. The Balaban J connectivity index is 1.62. The predicted octanol–water partition coefficient (Wildman–Crippen LogP) is 5.73. The van der Waals surface area contributed by atoms with Crippen LogP contribution in [0.5, 0.6) is 0 Å². The summed E-state index contributed by atoms with van der Waals surface area (Å²) < 4.78 is 28.8. The van der Waals surface area contributed by atoms with E-state index in [4.69, 9.17) is 11.6 Å². The molecule has 1 amide bonds. The molecule has 174 valence electrons. The number of carbonyl (C=O) groups is 1. The van der Waals surface area contributed by atoms with Crippen molar-refractivity contribution >= 4 is 45.0 Å². The van der Waals surface area contributed by atoms with Gasteiger partial charge in [-0.3, -0.25) is 9.52 Å². The smallest absolute Gasteiger partial charge is 0.262 e. The number of anilines is 1. The van der Waals surface area contributed by atoms with Crippen molar-refractivity contribution in [3.8, 4) is 0 Å². The fourth-order valence-electron chi connectivity index (χ4n) is 3.20. The van der Waals surface area contributed by atoms with E-state index in [9.17, 15) is 13.2 Å². The van der Waals surface area contributed by atoms with Crippen molar-refractivity contribution in [3.63, 3.8) is 0 Å². The maximum absolute atomic E-state index is 13.1. The number of nitrogens with one attached hydrogen (secondary N) is 2. The third kappa shape index (κ3) is 6.76. The van der Waals surface area contributed by atoms with Crippen molar-refractivity contribution in [2.45, 2.75) is 31.4 Å². The van der Waals surface area contributed by atoms with Crippen LogP contribution in [0.25, 0.3) is 0 Å². The highest BCUT2D eigenvalue weighted by molar-refractivity contribution is 7.98. The molecule has 0 spiro atoms. The second-order valence-electron chi connectivity index (χ2n) is 7.77. The summed E-state index contributed by atoms with van der Waals surface area (Å²) >= 11 is 7.59. The Hall–Kier alpha value is -2.48. The monoisotopic (exact) mass is 502 g/mol. The Morgan fingerprint density at radius 3 is 2.42 bits per heavy atom. The summed E-state index contributed by atoms with van der Waals surface area (Å²) in [7, 11) is -3.85. The van der Waals surface area contributed by atoms with Crippen LogP contribution in [0.1, 0.15) is 32.6 Å². The number of carbonyl (C=O) groups excluding carboxylic acids is 1. The molecule has 2 N–H and O–H groups in total. The Morgan fingerprint density at radius 1 is 0.970 bits per heavy atom. The fourth-order valence-corrected chi connectivity index (χ4v) is 5.54. The first kappa shape index (κ1) is 25.1. The normalized spacial score (nSPS) is 11.3. The summed E-state index contributed by atoms with van der Waals surface area (Å²) in [6.07, 6.45) is 0. The van der Waals surface area contributed by atoms with E-state index < -0.39 is 10.0 Å². The van der Waals surface area contributed by atoms with E-state index >= 15 is 0 Å². The molecule has 0 aliphatic rings. The molecule has 0 saturated heterocycles. The third-order valence-electron chi connectivity index (χ3n) is 5.30. The van der Waals surface area contributed by atoms with Gasteiger partial charge in [-0.05, 0) is 73.4 Å². The van der Waals surface area contributed by atoms with Gasteiger partial charge >= 0.3 is 0 Å². The van der Waals surface area contributed by atoms with Crippen LogP contribution in [-0.4, -0.2) is 26.6 Å². The number of benzene rings is 3. The molecule has 0 aromatic heterocycles. The molecule has 3 rings (SSSR count). The van der Waals surface area contributed by atoms with Gasteiger partial charge < -0.3 is 5.32 Å². The van der Waals surface area contributed by atoms with Gasteiger partial charge in [0.1, 0.15) is 0 Å². The standard InChI is InChI=1S/C25H27ClN2O3S2/c1-17-5-4-6-23(19(17)3)28-33(30,31)24-15-21(10-7-18(24)2)25(29)27-13-14-32-16-20-8-11-22(26)12-9-20/h4-12,15,28H,13-14,16H2,1-3H3,(H,27,29). The van der Waals surface area contributed by atoms with Crippen LogP contribution in [0.4, 0.5) is 5.69 Å². The quantitative estimate of drug-likeness (QED) is 0.366. The van der Waals surface area contributed by atoms with Crippen molar-refractivity contribution < 1.29 is 13.2 Å². The van der Waals surface area contributed by atoms with E-state index in [2.05, 4.69) is 10.0 Å². The van der Waals surface area contributed by atoms with Crippen LogP contribution in [0.15, 0.2) is 65.6 Å². The van der Waals surface area contributed by atoms with Gasteiger partial charge in [-0.2, -0.15) is 11.8 Å². The van der Waals surface area contributed by atoms with Crippen molar-refractivity contribution in [2.75, 3.05) is 17.0 Å². The summed E-state index contributed by atoms with van der Waals surface area (Å²) in [5.41, 5.74) is 4.44. The Bertz CT molecular complexity index is 1240. The Kier molecular flexibility index (Phi) is 8.46. The third-order valence-corrected chi connectivity index (χ3v) is 8.09. The molecule has 0 aliphatic heterocycles. The van der Waals surface area contributed by atoms with Crippen molar-refractivity contribution in [3.05, 3.63) is 93.5 Å². The second-order valence-corrected chi connectivity index (χ2v) is 11.0. The molecule has 3 aromatic rings. The lowest BCUT2D eigenvalue weighted by Crippen LogP contribution is -2.26. The summed E-state index contributed by atoms with van der Waals surface area (Å²) in [5, 5.41) is 3.57. The van der Waals surface area contributed by atoms with Crippen LogP contribution < -0.4 is 10.0 Å². The van der Waals surface area contributed by atoms with Gasteiger partial charge in [-0.1, -0.05) is 41.9 Å². The molecule has 0 unspecified atom stereocenters. The molecule has 0 bridgehead atoms. The minimum atomic E-state index is -3.85. The number of amides is 1. The van der Waals surface area contributed by atoms with Gasteiger partial charge in [0.2, 0.25) is 0 Å². The minimum absolute atomic E-state index is 0.0909. The average molecular weight is 503 g/mol. The Morgan fingerprint density at radius 2 is 1.70 bits per heavy atom. The maximum atomic E-state index is 13.1. The van der Waals surface area contributed by atoms with Crippen LogP contribution in [0, 0.1) is 20.8 Å². The van der Waals surface area contributed by atoms with Crippen molar-refractivity contribution in [1.82, 2.24) is 5.32 Å². The summed E-state index contributed by atoms with van der Waals surface area (Å²) in [6, 6.07) is 17.9. The van der Waals surface area contributed by atoms with Gasteiger partial charge in [0.15, 0.2) is 0 Å². The molecule has 3 aromatic carbocycles. The van der Waals surface area contributed by atoms with E-state index in [-0.39, 0.29) is 10.8 Å². The van der Waals surface area contributed by atoms with E-state index in [1.165, 1.54) is 11.6 Å². The zero-order valence-electron chi connectivity index (χ0n) is 18.8. The second kappa shape index (κ2) is 11.1. The van der Waals surface area contributed by atoms with Crippen LogP contribution in [-0.2, 0) is 15.8 Å². The fraction of sp³-hybridized carbons (Fsp3) is 0.240. The van der Waals surface area contributed by atoms with Gasteiger partial charge in [0.25, 0.3) is 15.9 Å². The number of sulfonamides is 1. The highest BCUT2D eigenvalue weighted by atomic mass is 35.5. The first-order chi connectivity index (χ1) is 15.7. The molecule has 0 heterocycles. The first-order valence-electron chi connectivity index (χ1n) is 10.5. The zero-order valence-corrected chi connectivity index (χ0v) is 21.2. The number of hydrogen-bond acceptors (Lipinski definition) is 4. The predicted molar refractivity (Wildman–Crippen MR) is 138 cm³/mol. The highest BCUT2D eigenvalue weighted by Crippen LogP contribution is 2.24. The maximum Gasteiger partial charge on any atom is 0.262 e. The van der Waals surface area contributed by atoms with Gasteiger partial charge in [0, 0.05) is 28.6 Å². The molecular weight excluding hydrogens is 476 g/mol. The largest absolute Gasteiger partial charge is 0.351 e. The summed E-state index contributed by atoms with van der Waals surface area (Å²) in [4.78, 5) is 12.7. The number of thioether (sulfide) groups is 1. The molecular formula is C25H27ClN2O3S2. The summed E-state index contributed by atoms with van der Waals surface area (Å²) in [5.74, 6) is 1.26. The minimum Gasteiger partial charge on any atom is -0.351 e. The van der Waals surface area contributed by atoms with E-state index in [1.54, 1.807) is 36.9 Å². The Labute approximate surface area is 205 Å². The highest BCUT2D eigenvalue weighted by Gasteiger charge is 2.20. The van der Waals surface area contributed by atoms with E-state index in [0.29, 0.717) is 28.4 Å². The number of halogens is 1. The lowest BCUT2D eigenvalue weighted by Gasteiger charge is -2.14. The molecule has 0 aliphatic carbocycles. The summed E-state index contributed by atoms with van der Waals surface area (Å²) in [6.45, 7) is 5.99. The molecule has 33 heavy (non-hydrogen) atoms.